The van der Waals surface area contributed by atoms with Crippen LogP contribution in [0.25, 0.3) is 0 Å². The fourth-order valence-corrected chi connectivity index (χ4v) is 1.70. The standard InChI is InChI=1S/C11H16N2O/c1-13(7-9-2-3-9)11-4-5-12-6-10(11)8-14/h4-6,9,14H,2-3,7-8H2,1H3. The fraction of sp³-hybridized carbons (Fsp3) is 0.545. The van der Waals surface area contributed by atoms with Gasteiger partial charge in [-0.3, -0.25) is 4.98 Å². The van der Waals surface area contributed by atoms with Crippen LogP contribution in [-0.2, 0) is 6.61 Å². The molecule has 0 unspecified atom stereocenters. The Morgan fingerprint density at radius 3 is 3.00 bits per heavy atom. The van der Waals surface area contributed by atoms with Gasteiger partial charge in [0.25, 0.3) is 0 Å². The molecule has 3 nitrogen and oxygen atoms in total. The predicted molar refractivity (Wildman–Crippen MR) is 56.2 cm³/mol. The van der Waals surface area contributed by atoms with Crippen molar-refractivity contribution >= 4 is 5.69 Å². The number of aromatic nitrogens is 1. The molecule has 76 valence electrons. The van der Waals surface area contributed by atoms with Crippen LogP contribution in [0.2, 0.25) is 0 Å². The summed E-state index contributed by atoms with van der Waals surface area (Å²) in [6.07, 6.45) is 6.21. The number of hydrogen-bond donors (Lipinski definition) is 1. The van der Waals surface area contributed by atoms with Crippen molar-refractivity contribution in [2.45, 2.75) is 19.4 Å². The van der Waals surface area contributed by atoms with E-state index in [-0.39, 0.29) is 6.61 Å². The lowest BCUT2D eigenvalue weighted by molar-refractivity contribution is 0.281. The predicted octanol–water partition coefficient (Wildman–Crippen LogP) is 1.42. The van der Waals surface area contributed by atoms with E-state index in [1.807, 2.05) is 6.07 Å². The maximum Gasteiger partial charge on any atom is 0.0717 e. The largest absolute Gasteiger partial charge is 0.392 e. The zero-order valence-corrected chi connectivity index (χ0v) is 8.48. The lowest BCUT2D eigenvalue weighted by atomic mass is 10.2. The lowest BCUT2D eigenvalue weighted by Crippen LogP contribution is -2.21. The number of aliphatic hydroxyl groups is 1. The lowest BCUT2D eigenvalue weighted by Gasteiger charge is -2.21. The molecule has 2 rings (SSSR count). The summed E-state index contributed by atoms with van der Waals surface area (Å²) >= 11 is 0. The SMILES string of the molecule is CN(CC1CC1)c1ccncc1CO. The van der Waals surface area contributed by atoms with E-state index in [0.717, 1.165) is 23.7 Å². The Bertz CT molecular complexity index is 310. The van der Waals surface area contributed by atoms with Gasteiger partial charge in [0.1, 0.15) is 0 Å². The molecular formula is C11H16N2O. The summed E-state index contributed by atoms with van der Waals surface area (Å²) in [5, 5.41) is 9.15. The van der Waals surface area contributed by atoms with Crippen LogP contribution in [0.3, 0.4) is 0 Å². The van der Waals surface area contributed by atoms with Gasteiger partial charge in [-0.05, 0) is 24.8 Å². The van der Waals surface area contributed by atoms with Gasteiger partial charge in [-0.15, -0.1) is 0 Å². The molecule has 1 aliphatic rings. The molecule has 1 N–H and O–H groups in total. The van der Waals surface area contributed by atoms with Crippen molar-refractivity contribution in [1.29, 1.82) is 0 Å². The number of pyridine rings is 1. The van der Waals surface area contributed by atoms with E-state index >= 15 is 0 Å². The Morgan fingerprint density at radius 1 is 1.57 bits per heavy atom. The number of anilines is 1. The van der Waals surface area contributed by atoms with Gasteiger partial charge in [0.05, 0.1) is 6.61 Å². The molecule has 1 aromatic rings. The Labute approximate surface area is 84.4 Å². The van der Waals surface area contributed by atoms with Crippen LogP contribution in [0.4, 0.5) is 5.69 Å². The molecule has 1 aromatic heterocycles. The van der Waals surface area contributed by atoms with Gasteiger partial charge < -0.3 is 10.0 Å². The summed E-state index contributed by atoms with van der Waals surface area (Å²) in [7, 11) is 2.08. The minimum atomic E-state index is 0.0676. The Kier molecular flexibility index (Phi) is 2.68. The van der Waals surface area contributed by atoms with E-state index < -0.39 is 0 Å². The quantitative estimate of drug-likeness (QED) is 0.783. The average molecular weight is 192 g/mol. The molecule has 3 heteroatoms. The molecule has 0 atom stereocenters. The fourth-order valence-electron chi connectivity index (χ4n) is 1.70. The summed E-state index contributed by atoms with van der Waals surface area (Å²) in [6.45, 7) is 1.16. The van der Waals surface area contributed by atoms with E-state index in [4.69, 9.17) is 5.11 Å². The van der Waals surface area contributed by atoms with Crippen molar-refractivity contribution in [1.82, 2.24) is 4.98 Å². The zero-order valence-electron chi connectivity index (χ0n) is 8.48. The van der Waals surface area contributed by atoms with Crippen LogP contribution in [0.1, 0.15) is 18.4 Å². The van der Waals surface area contributed by atoms with E-state index in [1.54, 1.807) is 12.4 Å². The van der Waals surface area contributed by atoms with Crippen LogP contribution in [0, 0.1) is 5.92 Å². The molecule has 0 radical (unpaired) electrons. The van der Waals surface area contributed by atoms with Gasteiger partial charge in [0.2, 0.25) is 0 Å². The summed E-state index contributed by atoms with van der Waals surface area (Å²) in [5.74, 6) is 0.861. The summed E-state index contributed by atoms with van der Waals surface area (Å²) < 4.78 is 0. The highest BCUT2D eigenvalue weighted by atomic mass is 16.3. The van der Waals surface area contributed by atoms with Crippen LogP contribution in [0.5, 0.6) is 0 Å². The van der Waals surface area contributed by atoms with Gasteiger partial charge in [0.15, 0.2) is 0 Å². The first kappa shape index (κ1) is 9.46. The first-order valence-corrected chi connectivity index (χ1v) is 5.06. The van der Waals surface area contributed by atoms with E-state index in [1.165, 1.54) is 12.8 Å². The second kappa shape index (κ2) is 3.96. The minimum Gasteiger partial charge on any atom is -0.392 e. The van der Waals surface area contributed by atoms with Crippen LogP contribution in [-0.4, -0.2) is 23.7 Å². The first-order valence-electron chi connectivity index (χ1n) is 5.06. The third-order valence-electron chi connectivity index (χ3n) is 2.69. The highest BCUT2D eigenvalue weighted by Gasteiger charge is 2.23. The van der Waals surface area contributed by atoms with Gasteiger partial charge >= 0.3 is 0 Å². The van der Waals surface area contributed by atoms with Crippen LogP contribution in [0.15, 0.2) is 18.5 Å². The smallest absolute Gasteiger partial charge is 0.0717 e. The summed E-state index contributed by atoms with van der Waals surface area (Å²) in [4.78, 5) is 6.22. The van der Waals surface area contributed by atoms with Crippen molar-refractivity contribution in [3.8, 4) is 0 Å². The van der Waals surface area contributed by atoms with Crippen molar-refractivity contribution < 1.29 is 5.11 Å². The molecule has 1 heterocycles. The molecule has 0 aromatic carbocycles. The topological polar surface area (TPSA) is 36.4 Å². The molecular weight excluding hydrogens is 176 g/mol. The molecule has 0 aliphatic heterocycles. The molecule has 0 saturated heterocycles. The Morgan fingerprint density at radius 2 is 2.36 bits per heavy atom. The summed E-state index contributed by atoms with van der Waals surface area (Å²) in [5.41, 5.74) is 2.02. The molecule has 1 saturated carbocycles. The van der Waals surface area contributed by atoms with Crippen molar-refractivity contribution in [2.75, 3.05) is 18.5 Å². The number of aliphatic hydroxyl groups excluding tert-OH is 1. The van der Waals surface area contributed by atoms with Crippen molar-refractivity contribution in [3.05, 3.63) is 24.0 Å². The van der Waals surface area contributed by atoms with Crippen LogP contribution < -0.4 is 4.90 Å². The van der Waals surface area contributed by atoms with E-state index in [0.29, 0.717) is 0 Å². The Hall–Kier alpha value is -1.09. The van der Waals surface area contributed by atoms with E-state index in [2.05, 4.69) is 16.9 Å². The van der Waals surface area contributed by atoms with Gasteiger partial charge in [-0.1, -0.05) is 0 Å². The Balaban J connectivity index is 2.11. The first-order chi connectivity index (χ1) is 6.81. The van der Waals surface area contributed by atoms with Gasteiger partial charge in [-0.2, -0.15) is 0 Å². The number of nitrogens with zero attached hydrogens (tertiary/aromatic N) is 2. The molecule has 0 spiro atoms. The number of rotatable bonds is 4. The maximum atomic E-state index is 9.15. The molecule has 14 heavy (non-hydrogen) atoms. The molecule has 1 aliphatic carbocycles. The van der Waals surface area contributed by atoms with E-state index in [9.17, 15) is 0 Å². The highest BCUT2D eigenvalue weighted by molar-refractivity contribution is 5.51. The zero-order chi connectivity index (χ0) is 9.97. The molecule has 0 bridgehead atoms. The maximum absolute atomic E-state index is 9.15. The number of hydrogen-bond acceptors (Lipinski definition) is 3. The van der Waals surface area contributed by atoms with Crippen molar-refractivity contribution in [2.24, 2.45) is 5.92 Å². The third kappa shape index (κ3) is 2.04. The third-order valence-corrected chi connectivity index (χ3v) is 2.69. The monoisotopic (exact) mass is 192 g/mol. The minimum absolute atomic E-state index is 0.0676. The normalized spacial score (nSPS) is 15.6. The highest BCUT2D eigenvalue weighted by Crippen LogP contribution is 2.31. The molecule has 1 fully saturated rings. The second-order valence-corrected chi connectivity index (χ2v) is 3.99. The van der Waals surface area contributed by atoms with Gasteiger partial charge in [0, 0.05) is 37.2 Å². The van der Waals surface area contributed by atoms with Crippen LogP contribution >= 0.6 is 0 Å². The summed E-state index contributed by atoms with van der Waals surface area (Å²) in [6, 6.07) is 1.97. The van der Waals surface area contributed by atoms with Crippen molar-refractivity contribution in [3.63, 3.8) is 0 Å². The second-order valence-electron chi connectivity index (χ2n) is 3.99. The average Bonchev–Trinajstić information content (AvgIpc) is 3.01. The molecule has 0 amide bonds. The van der Waals surface area contributed by atoms with Gasteiger partial charge in [-0.25, -0.2) is 0 Å².